The Morgan fingerprint density at radius 3 is 2.17 bits per heavy atom. The molecule has 6 nitrogen and oxygen atoms in total. The molecular weight excluding hydrogens is 294 g/mol. The molecule has 0 saturated heterocycles. The number of ether oxygens (including phenoxy) is 1. The molecule has 1 aromatic rings. The maximum atomic E-state index is 12.0. The third kappa shape index (κ3) is 5.90. The van der Waals surface area contributed by atoms with Gasteiger partial charge in [0.25, 0.3) is 0 Å². The first-order valence-corrected chi connectivity index (χ1v) is 8.03. The highest BCUT2D eigenvalue weighted by Gasteiger charge is 2.19. The van der Waals surface area contributed by atoms with Crippen molar-refractivity contribution >= 4 is 23.3 Å². The smallest absolute Gasteiger partial charge is 0.319 e. The lowest BCUT2D eigenvalue weighted by atomic mass is 9.87. The van der Waals surface area contributed by atoms with E-state index in [-0.39, 0.29) is 24.6 Å². The molecule has 1 aromatic carbocycles. The van der Waals surface area contributed by atoms with E-state index in [1.807, 2.05) is 0 Å². The molecule has 6 heteroatoms. The minimum absolute atomic E-state index is 0.0163. The van der Waals surface area contributed by atoms with Gasteiger partial charge in [-0.05, 0) is 55.9 Å². The number of hydrogen-bond donors (Lipinski definition) is 3. The van der Waals surface area contributed by atoms with Crippen molar-refractivity contribution in [3.8, 4) is 0 Å². The number of urea groups is 1. The van der Waals surface area contributed by atoms with Crippen molar-refractivity contribution in [1.82, 2.24) is 5.32 Å². The van der Waals surface area contributed by atoms with Gasteiger partial charge in [0.2, 0.25) is 5.91 Å². The highest BCUT2D eigenvalue weighted by molar-refractivity contribution is 5.93. The van der Waals surface area contributed by atoms with Gasteiger partial charge in [0.1, 0.15) is 6.61 Å². The number of carbonyl (C=O) groups excluding carboxylic acids is 2. The molecule has 1 aliphatic rings. The van der Waals surface area contributed by atoms with Crippen LogP contribution in [0.1, 0.15) is 32.6 Å². The second-order valence-electron chi connectivity index (χ2n) is 6.11. The zero-order valence-electron chi connectivity index (χ0n) is 13.7. The fourth-order valence-corrected chi connectivity index (χ4v) is 2.72. The fraction of sp³-hybridized carbons (Fsp3) is 0.529. The van der Waals surface area contributed by atoms with Gasteiger partial charge in [-0.15, -0.1) is 0 Å². The van der Waals surface area contributed by atoms with Crippen molar-refractivity contribution in [2.24, 2.45) is 5.92 Å². The summed E-state index contributed by atoms with van der Waals surface area (Å²) in [5.74, 6) is 0.550. The van der Waals surface area contributed by atoms with Gasteiger partial charge in [-0.2, -0.15) is 0 Å². The van der Waals surface area contributed by atoms with E-state index in [2.05, 4.69) is 22.9 Å². The molecule has 0 aliphatic heterocycles. The maximum Gasteiger partial charge on any atom is 0.319 e. The van der Waals surface area contributed by atoms with E-state index >= 15 is 0 Å². The van der Waals surface area contributed by atoms with E-state index in [9.17, 15) is 9.59 Å². The summed E-state index contributed by atoms with van der Waals surface area (Å²) in [6, 6.07) is 7.08. The Bertz CT molecular complexity index is 522. The van der Waals surface area contributed by atoms with Crippen LogP contribution in [0.2, 0.25) is 0 Å². The zero-order valence-corrected chi connectivity index (χ0v) is 13.7. The summed E-state index contributed by atoms with van der Waals surface area (Å²) in [7, 11) is 1.47. The Hall–Kier alpha value is -2.08. The Balaban J connectivity index is 1.78. The first-order valence-electron chi connectivity index (χ1n) is 8.03. The van der Waals surface area contributed by atoms with Gasteiger partial charge >= 0.3 is 6.03 Å². The van der Waals surface area contributed by atoms with Crippen LogP contribution in [0.15, 0.2) is 24.3 Å². The fourth-order valence-electron chi connectivity index (χ4n) is 2.72. The first kappa shape index (κ1) is 17.3. The molecule has 0 heterocycles. The molecule has 1 fully saturated rings. The molecule has 0 aromatic heterocycles. The van der Waals surface area contributed by atoms with Crippen LogP contribution >= 0.6 is 0 Å². The molecule has 2 rings (SSSR count). The topological polar surface area (TPSA) is 79.5 Å². The summed E-state index contributed by atoms with van der Waals surface area (Å²) in [5.41, 5.74) is 1.36. The summed E-state index contributed by atoms with van der Waals surface area (Å²) >= 11 is 0. The maximum absolute atomic E-state index is 12.0. The van der Waals surface area contributed by atoms with Crippen LogP contribution in [0.25, 0.3) is 0 Å². The number of carbonyl (C=O) groups is 2. The van der Waals surface area contributed by atoms with Crippen molar-refractivity contribution in [2.75, 3.05) is 24.4 Å². The van der Waals surface area contributed by atoms with Gasteiger partial charge in [0.05, 0.1) is 0 Å². The molecule has 0 unspecified atom stereocenters. The van der Waals surface area contributed by atoms with Crippen LogP contribution in [0.5, 0.6) is 0 Å². The third-order valence-electron chi connectivity index (χ3n) is 4.05. The number of anilines is 2. The van der Waals surface area contributed by atoms with E-state index in [0.717, 1.165) is 18.8 Å². The number of benzene rings is 1. The largest absolute Gasteiger partial charge is 0.375 e. The molecule has 3 amide bonds. The number of nitrogens with one attached hydrogen (secondary N) is 3. The average Bonchev–Trinajstić information content (AvgIpc) is 2.52. The molecule has 1 aliphatic carbocycles. The van der Waals surface area contributed by atoms with Crippen LogP contribution in [0.3, 0.4) is 0 Å². The molecule has 23 heavy (non-hydrogen) atoms. The van der Waals surface area contributed by atoms with Crippen LogP contribution in [0, 0.1) is 5.92 Å². The molecule has 0 atom stereocenters. The molecule has 1 saturated carbocycles. The summed E-state index contributed by atoms with van der Waals surface area (Å²) < 4.78 is 4.75. The van der Waals surface area contributed by atoms with E-state index < -0.39 is 0 Å². The number of rotatable bonds is 5. The van der Waals surface area contributed by atoms with Gasteiger partial charge < -0.3 is 20.7 Å². The van der Waals surface area contributed by atoms with Crippen LogP contribution < -0.4 is 16.0 Å². The van der Waals surface area contributed by atoms with Crippen molar-refractivity contribution in [3.63, 3.8) is 0 Å². The predicted molar refractivity (Wildman–Crippen MR) is 90.5 cm³/mol. The van der Waals surface area contributed by atoms with Gasteiger partial charge in [-0.25, -0.2) is 4.79 Å². The second-order valence-corrected chi connectivity index (χ2v) is 6.11. The van der Waals surface area contributed by atoms with Crippen LogP contribution in [0.4, 0.5) is 16.2 Å². The second kappa shape index (κ2) is 8.53. The molecule has 0 spiro atoms. The number of amides is 3. The van der Waals surface area contributed by atoms with E-state index in [1.165, 1.54) is 20.0 Å². The summed E-state index contributed by atoms with van der Waals surface area (Å²) in [5, 5.41) is 8.53. The van der Waals surface area contributed by atoms with E-state index in [0.29, 0.717) is 11.4 Å². The Labute approximate surface area is 137 Å². The highest BCUT2D eigenvalue weighted by atomic mass is 16.5. The van der Waals surface area contributed by atoms with Gasteiger partial charge in [0.15, 0.2) is 0 Å². The van der Waals surface area contributed by atoms with Gasteiger partial charge in [-0.1, -0.05) is 6.92 Å². The Kier molecular flexibility index (Phi) is 6.40. The predicted octanol–water partition coefficient (Wildman–Crippen LogP) is 2.97. The summed E-state index contributed by atoms with van der Waals surface area (Å²) in [4.78, 5) is 23.4. The molecule has 126 valence electrons. The number of hydrogen-bond acceptors (Lipinski definition) is 3. The van der Waals surface area contributed by atoms with Crippen molar-refractivity contribution in [1.29, 1.82) is 0 Å². The van der Waals surface area contributed by atoms with Crippen molar-refractivity contribution in [3.05, 3.63) is 24.3 Å². The van der Waals surface area contributed by atoms with Crippen LogP contribution in [-0.4, -0.2) is 31.7 Å². The Morgan fingerprint density at radius 1 is 1.04 bits per heavy atom. The van der Waals surface area contributed by atoms with E-state index in [1.54, 1.807) is 24.3 Å². The zero-order chi connectivity index (χ0) is 16.7. The Morgan fingerprint density at radius 2 is 1.61 bits per heavy atom. The minimum atomic E-state index is -0.211. The first-order chi connectivity index (χ1) is 11.1. The third-order valence-corrected chi connectivity index (χ3v) is 4.05. The quantitative estimate of drug-likeness (QED) is 0.780. The minimum Gasteiger partial charge on any atom is -0.375 e. The van der Waals surface area contributed by atoms with Crippen molar-refractivity contribution in [2.45, 2.75) is 38.6 Å². The summed E-state index contributed by atoms with van der Waals surface area (Å²) in [6.07, 6.45) is 4.42. The van der Waals surface area contributed by atoms with Gasteiger partial charge in [0, 0.05) is 24.5 Å². The molecule has 0 radical (unpaired) electrons. The molecular formula is C17H25N3O3. The van der Waals surface area contributed by atoms with Crippen molar-refractivity contribution < 1.29 is 14.3 Å². The van der Waals surface area contributed by atoms with Gasteiger partial charge in [-0.3, -0.25) is 4.79 Å². The monoisotopic (exact) mass is 319 g/mol. The lowest BCUT2D eigenvalue weighted by Crippen LogP contribution is -2.39. The highest BCUT2D eigenvalue weighted by Crippen LogP contribution is 2.23. The lowest BCUT2D eigenvalue weighted by Gasteiger charge is -2.26. The lowest BCUT2D eigenvalue weighted by molar-refractivity contribution is -0.119. The van der Waals surface area contributed by atoms with Crippen LogP contribution in [-0.2, 0) is 9.53 Å². The summed E-state index contributed by atoms with van der Waals surface area (Å²) in [6.45, 7) is 2.27. The average molecular weight is 319 g/mol. The normalized spacial score (nSPS) is 20.6. The number of methoxy groups -OCH3 is 1. The standard InChI is InChI=1S/C17H25N3O3/c1-12-3-5-14(6-4-12)19-17(22)20-15-9-7-13(8-10-15)18-16(21)11-23-2/h7-10,12,14H,3-6,11H2,1-2H3,(H,18,21)(H2,19,20,22). The van der Waals surface area contributed by atoms with E-state index in [4.69, 9.17) is 4.74 Å². The molecule has 0 bridgehead atoms. The SMILES string of the molecule is COCC(=O)Nc1ccc(NC(=O)NC2CCC(C)CC2)cc1. The molecule has 3 N–H and O–H groups in total.